The van der Waals surface area contributed by atoms with Crippen molar-refractivity contribution in [3.05, 3.63) is 12.3 Å². The SMILES string of the molecule is CCOc1ccnc(N2CCCC2CC(C)Cl)n1. The van der Waals surface area contributed by atoms with Crippen LogP contribution in [0.15, 0.2) is 12.3 Å². The van der Waals surface area contributed by atoms with Gasteiger partial charge in [0.05, 0.1) is 6.61 Å². The highest BCUT2D eigenvalue weighted by Gasteiger charge is 2.27. The van der Waals surface area contributed by atoms with Crippen LogP contribution in [0, 0.1) is 0 Å². The number of hydrogen-bond donors (Lipinski definition) is 0. The fourth-order valence-corrected chi connectivity index (χ4v) is 2.62. The Morgan fingerprint density at radius 3 is 3.17 bits per heavy atom. The van der Waals surface area contributed by atoms with Crippen molar-refractivity contribution in [2.45, 2.75) is 44.5 Å². The quantitative estimate of drug-likeness (QED) is 0.771. The van der Waals surface area contributed by atoms with Gasteiger partial charge in [-0.1, -0.05) is 0 Å². The molecule has 0 N–H and O–H groups in total. The molecule has 2 heterocycles. The van der Waals surface area contributed by atoms with Crippen LogP contribution in [0.5, 0.6) is 5.88 Å². The van der Waals surface area contributed by atoms with Gasteiger partial charge in [0.25, 0.3) is 0 Å². The van der Waals surface area contributed by atoms with Crippen molar-refractivity contribution in [1.29, 1.82) is 0 Å². The number of aromatic nitrogens is 2. The average molecular weight is 270 g/mol. The number of rotatable bonds is 5. The first kappa shape index (κ1) is 13.4. The van der Waals surface area contributed by atoms with Gasteiger partial charge < -0.3 is 9.64 Å². The number of ether oxygens (including phenoxy) is 1. The second-order valence-electron chi connectivity index (χ2n) is 4.63. The van der Waals surface area contributed by atoms with E-state index in [2.05, 4.69) is 14.9 Å². The van der Waals surface area contributed by atoms with Crippen LogP contribution in [0.25, 0.3) is 0 Å². The summed E-state index contributed by atoms with van der Waals surface area (Å²) in [5.74, 6) is 1.41. The van der Waals surface area contributed by atoms with Crippen LogP contribution in [-0.4, -0.2) is 34.5 Å². The van der Waals surface area contributed by atoms with Gasteiger partial charge in [-0.25, -0.2) is 4.98 Å². The normalized spacial score (nSPS) is 21.1. The molecule has 0 amide bonds. The van der Waals surface area contributed by atoms with Crippen molar-refractivity contribution in [2.24, 2.45) is 0 Å². The summed E-state index contributed by atoms with van der Waals surface area (Å²) in [6.07, 6.45) is 5.08. The Balaban J connectivity index is 2.11. The monoisotopic (exact) mass is 269 g/mol. The summed E-state index contributed by atoms with van der Waals surface area (Å²) < 4.78 is 5.42. The fraction of sp³-hybridized carbons (Fsp3) is 0.692. The van der Waals surface area contributed by atoms with Crippen LogP contribution in [0.2, 0.25) is 0 Å². The smallest absolute Gasteiger partial charge is 0.228 e. The number of halogens is 1. The molecule has 4 nitrogen and oxygen atoms in total. The molecule has 1 aromatic heterocycles. The highest BCUT2D eigenvalue weighted by Crippen LogP contribution is 2.27. The van der Waals surface area contributed by atoms with Gasteiger partial charge in [0.15, 0.2) is 0 Å². The second-order valence-corrected chi connectivity index (χ2v) is 5.38. The zero-order chi connectivity index (χ0) is 13.0. The van der Waals surface area contributed by atoms with E-state index in [-0.39, 0.29) is 5.38 Å². The molecule has 2 unspecified atom stereocenters. The first-order valence-corrected chi connectivity index (χ1v) is 7.01. The largest absolute Gasteiger partial charge is 0.478 e. The van der Waals surface area contributed by atoms with E-state index in [0.717, 1.165) is 18.9 Å². The van der Waals surface area contributed by atoms with Crippen LogP contribution in [0.3, 0.4) is 0 Å². The molecule has 1 aliphatic rings. The van der Waals surface area contributed by atoms with Crippen molar-refractivity contribution in [1.82, 2.24) is 9.97 Å². The molecule has 0 aromatic carbocycles. The zero-order valence-corrected chi connectivity index (χ0v) is 11.7. The molecular weight excluding hydrogens is 250 g/mol. The molecule has 1 aromatic rings. The molecule has 2 atom stereocenters. The van der Waals surface area contributed by atoms with Crippen LogP contribution in [-0.2, 0) is 0 Å². The van der Waals surface area contributed by atoms with E-state index in [1.54, 1.807) is 12.3 Å². The zero-order valence-electron chi connectivity index (χ0n) is 11.0. The van der Waals surface area contributed by atoms with Gasteiger partial charge in [0.2, 0.25) is 11.8 Å². The number of nitrogens with zero attached hydrogens (tertiary/aromatic N) is 3. The van der Waals surface area contributed by atoms with Crippen LogP contribution < -0.4 is 9.64 Å². The lowest BCUT2D eigenvalue weighted by atomic mass is 10.1. The highest BCUT2D eigenvalue weighted by molar-refractivity contribution is 6.20. The molecule has 1 saturated heterocycles. The van der Waals surface area contributed by atoms with Gasteiger partial charge >= 0.3 is 0 Å². The highest BCUT2D eigenvalue weighted by atomic mass is 35.5. The Morgan fingerprint density at radius 2 is 2.44 bits per heavy atom. The predicted molar refractivity (Wildman–Crippen MR) is 73.5 cm³/mol. The van der Waals surface area contributed by atoms with E-state index in [4.69, 9.17) is 16.3 Å². The summed E-state index contributed by atoms with van der Waals surface area (Å²) in [5.41, 5.74) is 0. The lowest BCUT2D eigenvalue weighted by Gasteiger charge is -2.25. The summed E-state index contributed by atoms with van der Waals surface area (Å²) in [6.45, 7) is 5.62. The second kappa shape index (κ2) is 6.23. The summed E-state index contributed by atoms with van der Waals surface area (Å²) in [6, 6.07) is 2.25. The van der Waals surface area contributed by atoms with E-state index >= 15 is 0 Å². The van der Waals surface area contributed by atoms with E-state index < -0.39 is 0 Å². The molecule has 1 aliphatic heterocycles. The molecule has 0 saturated carbocycles. The average Bonchev–Trinajstić information content (AvgIpc) is 2.77. The minimum absolute atomic E-state index is 0.186. The molecule has 1 fully saturated rings. The molecule has 0 bridgehead atoms. The Hall–Kier alpha value is -1.03. The third-order valence-electron chi connectivity index (χ3n) is 3.14. The van der Waals surface area contributed by atoms with Gasteiger partial charge in [0.1, 0.15) is 0 Å². The molecule has 0 aliphatic carbocycles. The van der Waals surface area contributed by atoms with Gasteiger partial charge in [0, 0.05) is 30.2 Å². The Morgan fingerprint density at radius 1 is 1.61 bits per heavy atom. The van der Waals surface area contributed by atoms with Crippen LogP contribution in [0.1, 0.15) is 33.1 Å². The third kappa shape index (κ3) is 3.25. The lowest BCUT2D eigenvalue weighted by molar-refractivity contribution is 0.326. The van der Waals surface area contributed by atoms with Crippen LogP contribution in [0.4, 0.5) is 5.95 Å². The van der Waals surface area contributed by atoms with E-state index in [9.17, 15) is 0 Å². The first-order valence-electron chi connectivity index (χ1n) is 6.57. The van der Waals surface area contributed by atoms with Gasteiger partial charge in [-0.3, -0.25) is 0 Å². The van der Waals surface area contributed by atoms with Gasteiger partial charge in [-0.15, -0.1) is 11.6 Å². The fourth-order valence-electron chi connectivity index (χ4n) is 2.42. The van der Waals surface area contributed by atoms with E-state index in [0.29, 0.717) is 18.5 Å². The van der Waals surface area contributed by atoms with Crippen molar-refractivity contribution >= 4 is 17.5 Å². The predicted octanol–water partition coefficient (Wildman–Crippen LogP) is 2.86. The number of anilines is 1. The maximum atomic E-state index is 6.10. The summed E-state index contributed by atoms with van der Waals surface area (Å²) in [7, 11) is 0. The molecule has 100 valence electrons. The Bertz CT molecular complexity index is 386. The molecule has 2 rings (SSSR count). The van der Waals surface area contributed by atoms with Crippen molar-refractivity contribution in [3.8, 4) is 5.88 Å². The first-order chi connectivity index (χ1) is 8.70. The minimum Gasteiger partial charge on any atom is -0.478 e. The topological polar surface area (TPSA) is 38.2 Å². The van der Waals surface area contributed by atoms with Crippen molar-refractivity contribution < 1.29 is 4.74 Å². The summed E-state index contributed by atoms with van der Waals surface area (Å²) in [4.78, 5) is 11.1. The number of hydrogen-bond acceptors (Lipinski definition) is 4. The molecule has 18 heavy (non-hydrogen) atoms. The molecule has 5 heteroatoms. The molecule has 0 spiro atoms. The summed E-state index contributed by atoms with van der Waals surface area (Å²) >= 11 is 6.10. The third-order valence-corrected chi connectivity index (χ3v) is 3.32. The van der Waals surface area contributed by atoms with Gasteiger partial charge in [-0.2, -0.15) is 4.98 Å². The molecular formula is C13H20ClN3O. The van der Waals surface area contributed by atoms with Gasteiger partial charge in [-0.05, 0) is 33.1 Å². The van der Waals surface area contributed by atoms with E-state index in [1.807, 2.05) is 13.8 Å². The van der Waals surface area contributed by atoms with Crippen molar-refractivity contribution in [3.63, 3.8) is 0 Å². The van der Waals surface area contributed by atoms with Crippen LogP contribution >= 0.6 is 11.6 Å². The standard InChI is InChI=1S/C13H20ClN3O/c1-3-18-12-6-7-15-13(16-12)17-8-4-5-11(17)9-10(2)14/h6-7,10-11H,3-5,8-9H2,1-2H3. The Kier molecular flexibility index (Phi) is 4.64. The lowest BCUT2D eigenvalue weighted by Crippen LogP contribution is -2.32. The maximum Gasteiger partial charge on any atom is 0.228 e. The van der Waals surface area contributed by atoms with Crippen molar-refractivity contribution in [2.75, 3.05) is 18.1 Å². The maximum absolute atomic E-state index is 6.10. The minimum atomic E-state index is 0.186. The van der Waals surface area contributed by atoms with E-state index in [1.165, 1.54) is 12.8 Å². The summed E-state index contributed by atoms with van der Waals surface area (Å²) in [5, 5.41) is 0.186. The Labute approximate surface area is 113 Å². The number of alkyl halides is 1. The molecule has 0 radical (unpaired) electrons.